The molecule has 0 saturated heterocycles. The zero-order valence-electron chi connectivity index (χ0n) is 6.02. The lowest BCUT2D eigenvalue weighted by molar-refractivity contribution is -0.130. The van der Waals surface area contributed by atoms with Crippen molar-refractivity contribution in [2.24, 2.45) is 0 Å². The molecule has 6 nitrogen and oxygen atoms in total. The molecule has 0 radical (unpaired) electrons. The fourth-order valence-corrected chi connectivity index (χ4v) is 0.940. The van der Waals surface area contributed by atoms with Crippen LogP contribution in [0.3, 0.4) is 0 Å². The van der Waals surface area contributed by atoms with E-state index in [0.717, 1.165) is 10.9 Å². The third-order valence-corrected chi connectivity index (χ3v) is 1.42. The highest BCUT2D eigenvalue weighted by molar-refractivity contribution is 5.67. The summed E-state index contributed by atoms with van der Waals surface area (Å²) in [5.41, 5.74) is 6.12. The number of carbonyl (C=O) groups is 1. The molecule has 0 aliphatic carbocycles. The Kier molecular flexibility index (Phi) is 1.52. The van der Waals surface area contributed by atoms with E-state index in [-0.39, 0.29) is 0 Å². The van der Waals surface area contributed by atoms with Crippen LogP contribution in [0.5, 0.6) is 0 Å². The van der Waals surface area contributed by atoms with Crippen LogP contribution in [0.15, 0.2) is 18.3 Å². The smallest absolute Gasteiger partial charge is 0.322 e. The molecular weight excluding hydrogens is 160 g/mol. The van der Waals surface area contributed by atoms with E-state index in [1.54, 1.807) is 12.3 Å². The van der Waals surface area contributed by atoms with Crippen LogP contribution in [-0.4, -0.2) is 11.5 Å². The van der Waals surface area contributed by atoms with Gasteiger partial charge in [-0.05, 0) is 12.1 Å². The summed E-state index contributed by atoms with van der Waals surface area (Å²) in [6, 6.07) is 3.58. The van der Waals surface area contributed by atoms with Crippen molar-refractivity contribution in [3.05, 3.63) is 18.3 Å². The summed E-state index contributed by atoms with van der Waals surface area (Å²) in [6.45, 7) is 0.318. The van der Waals surface area contributed by atoms with E-state index in [9.17, 15) is 4.79 Å². The maximum Gasteiger partial charge on any atom is 0.322 e. The minimum absolute atomic E-state index is 0.318. The molecule has 0 bridgehead atoms. The van der Waals surface area contributed by atoms with Crippen LogP contribution in [0.25, 0.3) is 0 Å². The van der Waals surface area contributed by atoms with Crippen molar-refractivity contribution in [2.45, 2.75) is 0 Å². The standard InChI is InChI=1S/C6H6N4O2/c11-4-12-10-6-5(8-9-10)2-1-3-7-6/h1-4,8-9H. The second-order valence-electron chi connectivity index (χ2n) is 2.11. The third kappa shape index (κ3) is 0.940. The third-order valence-electron chi connectivity index (χ3n) is 1.42. The number of rotatable bonds is 2. The number of fused-ring (bicyclic) bond motifs is 1. The fourth-order valence-electron chi connectivity index (χ4n) is 0.940. The second kappa shape index (κ2) is 2.67. The van der Waals surface area contributed by atoms with Crippen LogP contribution >= 0.6 is 0 Å². The van der Waals surface area contributed by atoms with Crippen molar-refractivity contribution in [3.63, 3.8) is 0 Å². The maximum atomic E-state index is 10.0. The fraction of sp³-hybridized carbons (Fsp3) is 0. The predicted molar refractivity (Wildman–Crippen MR) is 40.6 cm³/mol. The molecule has 1 aliphatic heterocycles. The predicted octanol–water partition coefficient (Wildman–Crippen LogP) is -0.179. The molecule has 1 aromatic heterocycles. The average molecular weight is 166 g/mol. The topological polar surface area (TPSA) is 66.5 Å². The minimum atomic E-state index is 0.318. The second-order valence-corrected chi connectivity index (χ2v) is 2.11. The van der Waals surface area contributed by atoms with Gasteiger partial charge in [-0.25, -0.2) is 4.98 Å². The molecular formula is C6H6N4O2. The molecule has 2 rings (SSSR count). The molecule has 0 saturated carbocycles. The number of hydrogen-bond acceptors (Lipinski definition) is 6. The van der Waals surface area contributed by atoms with Gasteiger partial charge in [0.25, 0.3) is 0 Å². The Morgan fingerprint density at radius 3 is 3.42 bits per heavy atom. The highest BCUT2D eigenvalue weighted by Gasteiger charge is 2.19. The summed E-state index contributed by atoms with van der Waals surface area (Å²) in [5, 5.41) is 1.14. The number of anilines is 2. The first kappa shape index (κ1) is 6.86. The Morgan fingerprint density at radius 2 is 2.58 bits per heavy atom. The number of hydrazine groups is 2. The highest BCUT2D eigenvalue weighted by Crippen LogP contribution is 2.24. The Morgan fingerprint density at radius 1 is 1.67 bits per heavy atom. The highest BCUT2D eigenvalue weighted by atomic mass is 16.7. The molecule has 0 unspecified atom stereocenters. The molecule has 62 valence electrons. The summed E-state index contributed by atoms with van der Waals surface area (Å²) in [5.74, 6) is 0.532. The van der Waals surface area contributed by atoms with Crippen molar-refractivity contribution in [1.82, 2.24) is 10.5 Å². The SMILES string of the molecule is O=CON1NNc2cccnc21. The average Bonchev–Trinajstić information content (AvgIpc) is 2.50. The van der Waals surface area contributed by atoms with Crippen molar-refractivity contribution in [2.75, 3.05) is 10.6 Å². The van der Waals surface area contributed by atoms with Gasteiger partial charge in [0.1, 0.15) is 0 Å². The van der Waals surface area contributed by atoms with E-state index in [2.05, 4.69) is 20.8 Å². The first-order valence-corrected chi connectivity index (χ1v) is 3.29. The molecule has 0 aromatic carbocycles. The van der Waals surface area contributed by atoms with Gasteiger partial charge in [-0.1, -0.05) is 5.17 Å². The molecule has 1 aromatic rings. The number of nitrogens with one attached hydrogen (secondary N) is 2. The molecule has 0 spiro atoms. The Bertz CT molecular complexity index is 303. The summed E-state index contributed by atoms with van der Waals surface area (Å²) in [6.07, 6.45) is 1.61. The number of carbonyl (C=O) groups excluding carboxylic acids is 1. The Balaban J connectivity index is 2.29. The molecule has 0 atom stereocenters. The quantitative estimate of drug-likeness (QED) is 0.594. The lowest BCUT2D eigenvalue weighted by atomic mass is 10.4. The van der Waals surface area contributed by atoms with Gasteiger partial charge in [0.05, 0.1) is 5.69 Å². The van der Waals surface area contributed by atoms with Crippen molar-refractivity contribution in [1.29, 1.82) is 0 Å². The van der Waals surface area contributed by atoms with Crippen molar-refractivity contribution in [3.8, 4) is 0 Å². The summed E-state index contributed by atoms with van der Waals surface area (Å²) >= 11 is 0. The van der Waals surface area contributed by atoms with Gasteiger partial charge in [0.15, 0.2) is 0 Å². The molecule has 1 aliphatic rings. The molecule has 6 heteroatoms. The Hall–Kier alpha value is -1.82. The van der Waals surface area contributed by atoms with Gasteiger partial charge in [-0.3, -0.25) is 10.2 Å². The van der Waals surface area contributed by atoms with Crippen LogP contribution in [-0.2, 0) is 9.63 Å². The number of hydrogen-bond donors (Lipinski definition) is 2. The monoisotopic (exact) mass is 166 g/mol. The summed E-state index contributed by atoms with van der Waals surface area (Å²) < 4.78 is 0. The normalized spacial score (nSPS) is 13.5. The molecule has 12 heavy (non-hydrogen) atoms. The van der Waals surface area contributed by atoms with E-state index < -0.39 is 0 Å². The molecule has 0 fully saturated rings. The lowest BCUT2D eigenvalue weighted by Crippen LogP contribution is -2.35. The van der Waals surface area contributed by atoms with Gasteiger partial charge in [0.2, 0.25) is 5.82 Å². The first-order valence-electron chi connectivity index (χ1n) is 3.29. The zero-order valence-corrected chi connectivity index (χ0v) is 6.02. The van der Waals surface area contributed by atoms with Crippen LogP contribution in [0.4, 0.5) is 11.5 Å². The van der Waals surface area contributed by atoms with Crippen LogP contribution in [0, 0.1) is 0 Å². The number of pyridine rings is 1. The van der Waals surface area contributed by atoms with Gasteiger partial charge in [-0.2, -0.15) is 0 Å². The molecule has 2 heterocycles. The van der Waals surface area contributed by atoms with Gasteiger partial charge >= 0.3 is 6.47 Å². The summed E-state index contributed by atoms with van der Waals surface area (Å²) in [4.78, 5) is 18.5. The summed E-state index contributed by atoms with van der Waals surface area (Å²) in [7, 11) is 0. The van der Waals surface area contributed by atoms with Gasteiger partial charge < -0.3 is 4.84 Å². The van der Waals surface area contributed by atoms with E-state index in [4.69, 9.17) is 0 Å². The minimum Gasteiger partial charge on any atom is -0.325 e. The van der Waals surface area contributed by atoms with Crippen LogP contribution < -0.4 is 16.1 Å². The maximum absolute atomic E-state index is 10.0. The number of nitrogens with zero attached hydrogens (tertiary/aromatic N) is 2. The molecule has 0 amide bonds. The Labute approximate surface area is 68.0 Å². The number of aromatic nitrogens is 1. The largest absolute Gasteiger partial charge is 0.325 e. The van der Waals surface area contributed by atoms with Crippen molar-refractivity contribution < 1.29 is 9.63 Å². The van der Waals surface area contributed by atoms with Crippen LogP contribution in [0.1, 0.15) is 0 Å². The first-order chi connectivity index (χ1) is 5.92. The zero-order chi connectivity index (χ0) is 8.39. The van der Waals surface area contributed by atoms with Gasteiger partial charge in [0, 0.05) is 6.20 Å². The van der Waals surface area contributed by atoms with Crippen molar-refractivity contribution >= 4 is 18.0 Å². The van der Waals surface area contributed by atoms with E-state index >= 15 is 0 Å². The van der Waals surface area contributed by atoms with Crippen LogP contribution in [0.2, 0.25) is 0 Å². The van der Waals surface area contributed by atoms with E-state index in [0.29, 0.717) is 12.3 Å². The molecule has 2 N–H and O–H groups in total. The lowest BCUT2D eigenvalue weighted by Gasteiger charge is -2.10. The van der Waals surface area contributed by atoms with Gasteiger partial charge in [-0.15, -0.1) is 5.53 Å². The van der Waals surface area contributed by atoms with E-state index in [1.165, 1.54) is 0 Å². The van der Waals surface area contributed by atoms with E-state index in [1.807, 2.05) is 6.07 Å².